The Bertz CT molecular complexity index is 416. The fourth-order valence-electron chi connectivity index (χ4n) is 2.96. The topological polar surface area (TPSA) is 29.3 Å². The van der Waals surface area contributed by atoms with Gasteiger partial charge in [-0.25, -0.2) is 0 Å². The predicted molar refractivity (Wildman–Crippen MR) is 90.4 cm³/mol. The Balaban J connectivity index is 2.18. The minimum absolute atomic E-state index is 0.356. The lowest BCUT2D eigenvalue weighted by atomic mass is 9.97. The Morgan fingerprint density at radius 2 is 1.80 bits per heavy atom. The Hall–Kier alpha value is -0.510. The van der Waals surface area contributed by atoms with Gasteiger partial charge in [-0.05, 0) is 24.0 Å². The molecule has 0 aromatic heterocycles. The third kappa shape index (κ3) is 3.38. The molecule has 3 atom stereocenters. The van der Waals surface area contributed by atoms with E-state index in [1.165, 1.54) is 16.9 Å². The first-order valence-corrected chi connectivity index (χ1v) is 8.76. The van der Waals surface area contributed by atoms with E-state index < -0.39 is 0 Å². The molecule has 0 spiro atoms. The van der Waals surface area contributed by atoms with Gasteiger partial charge in [0.2, 0.25) is 0 Å². The van der Waals surface area contributed by atoms with Gasteiger partial charge in [-0.3, -0.25) is 4.90 Å². The lowest BCUT2D eigenvalue weighted by Gasteiger charge is -2.42. The normalized spacial score (nSPS) is 25.9. The highest BCUT2D eigenvalue weighted by molar-refractivity contribution is 8.00. The average Bonchev–Trinajstić information content (AvgIpc) is 2.45. The van der Waals surface area contributed by atoms with Crippen molar-refractivity contribution in [3.8, 4) is 0 Å². The van der Waals surface area contributed by atoms with Gasteiger partial charge in [0.1, 0.15) is 0 Å². The molecule has 1 aromatic rings. The highest BCUT2D eigenvalue weighted by Crippen LogP contribution is 2.31. The van der Waals surface area contributed by atoms with E-state index >= 15 is 0 Å². The SMILES string of the molecule is CC(C)c1ccc(C(CN)N2CCSC(C)C2C)cc1. The molecule has 0 bridgehead atoms. The third-order valence-corrected chi connectivity index (χ3v) is 5.88. The number of benzene rings is 1. The molecule has 0 saturated carbocycles. The molecule has 3 unspecified atom stereocenters. The first-order chi connectivity index (χ1) is 9.54. The van der Waals surface area contributed by atoms with Crippen molar-refractivity contribution in [2.75, 3.05) is 18.8 Å². The van der Waals surface area contributed by atoms with Crippen molar-refractivity contribution in [3.05, 3.63) is 35.4 Å². The molecule has 1 aliphatic heterocycles. The first-order valence-electron chi connectivity index (χ1n) is 7.71. The molecule has 112 valence electrons. The summed E-state index contributed by atoms with van der Waals surface area (Å²) in [4.78, 5) is 2.59. The van der Waals surface area contributed by atoms with Crippen LogP contribution in [0.2, 0.25) is 0 Å². The molecule has 1 heterocycles. The van der Waals surface area contributed by atoms with Gasteiger partial charge in [-0.1, -0.05) is 45.0 Å². The molecule has 1 aromatic carbocycles. The van der Waals surface area contributed by atoms with E-state index in [2.05, 4.69) is 68.6 Å². The van der Waals surface area contributed by atoms with E-state index in [9.17, 15) is 0 Å². The second-order valence-corrected chi connectivity index (χ2v) is 7.61. The van der Waals surface area contributed by atoms with Crippen molar-refractivity contribution in [1.82, 2.24) is 4.90 Å². The van der Waals surface area contributed by atoms with Crippen LogP contribution in [0.5, 0.6) is 0 Å². The number of hydrogen-bond acceptors (Lipinski definition) is 3. The number of rotatable bonds is 4. The van der Waals surface area contributed by atoms with Crippen LogP contribution in [0.3, 0.4) is 0 Å². The summed E-state index contributed by atoms with van der Waals surface area (Å²) in [5.41, 5.74) is 8.86. The van der Waals surface area contributed by atoms with Gasteiger partial charge in [-0.15, -0.1) is 0 Å². The maximum absolute atomic E-state index is 6.09. The zero-order valence-corrected chi connectivity index (χ0v) is 14.0. The zero-order valence-electron chi connectivity index (χ0n) is 13.2. The Morgan fingerprint density at radius 3 is 2.35 bits per heavy atom. The van der Waals surface area contributed by atoms with Crippen molar-refractivity contribution in [2.45, 2.75) is 50.9 Å². The summed E-state index contributed by atoms with van der Waals surface area (Å²) >= 11 is 2.08. The summed E-state index contributed by atoms with van der Waals surface area (Å²) in [6.07, 6.45) is 0. The van der Waals surface area contributed by atoms with Crippen molar-refractivity contribution < 1.29 is 0 Å². The summed E-state index contributed by atoms with van der Waals surface area (Å²) in [7, 11) is 0. The molecule has 2 rings (SSSR count). The predicted octanol–water partition coefficient (Wildman–Crippen LogP) is 3.64. The van der Waals surface area contributed by atoms with Gasteiger partial charge in [-0.2, -0.15) is 11.8 Å². The average molecular weight is 292 g/mol. The quantitative estimate of drug-likeness (QED) is 0.919. The minimum atomic E-state index is 0.356. The van der Waals surface area contributed by atoms with Crippen molar-refractivity contribution in [2.24, 2.45) is 5.73 Å². The molecule has 1 aliphatic rings. The molecule has 1 saturated heterocycles. The van der Waals surface area contributed by atoms with Crippen LogP contribution in [0, 0.1) is 0 Å². The number of thioether (sulfide) groups is 1. The fourth-order valence-corrected chi connectivity index (χ4v) is 4.09. The lowest BCUT2D eigenvalue weighted by molar-refractivity contribution is 0.150. The Labute approximate surface area is 128 Å². The van der Waals surface area contributed by atoms with Crippen LogP contribution in [0.4, 0.5) is 0 Å². The molecule has 0 aliphatic carbocycles. The van der Waals surface area contributed by atoms with Crippen molar-refractivity contribution >= 4 is 11.8 Å². The smallest absolute Gasteiger partial charge is 0.0474 e. The first kappa shape index (κ1) is 15.9. The second kappa shape index (κ2) is 6.97. The minimum Gasteiger partial charge on any atom is -0.329 e. The second-order valence-electron chi connectivity index (χ2n) is 6.13. The van der Waals surface area contributed by atoms with Crippen LogP contribution in [-0.4, -0.2) is 35.0 Å². The molecule has 1 fully saturated rings. The number of nitrogens with two attached hydrogens (primary N) is 1. The highest BCUT2D eigenvalue weighted by atomic mass is 32.2. The molecule has 20 heavy (non-hydrogen) atoms. The standard InChI is InChI=1S/C17H28N2S/c1-12(2)15-5-7-16(8-6-15)17(11-18)19-9-10-20-14(4)13(19)3/h5-8,12-14,17H,9-11,18H2,1-4H3. The molecule has 2 N–H and O–H groups in total. The van der Waals surface area contributed by atoms with E-state index in [1.54, 1.807) is 0 Å². The summed E-state index contributed by atoms with van der Waals surface area (Å²) < 4.78 is 0. The molecule has 3 heteroatoms. The summed E-state index contributed by atoms with van der Waals surface area (Å²) in [5.74, 6) is 1.80. The molecule has 0 amide bonds. The highest BCUT2D eigenvalue weighted by Gasteiger charge is 2.30. The van der Waals surface area contributed by atoms with Gasteiger partial charge in [0.05, 0.1) is 0 Å². The van der Waals surface area contributed by atoms with Crippen LogP contribution in [0.25, 0.3) is 0 Å². The third-order valence-electron chi connectivity index (χ3n) is 4.54. The van der Waals surface area contributed by atoms with E-state index in [4.69, 9.17) is 5.73 Å². The van der Waals surface area contributed by atoms with Crippen molar-refractivity contribution in [3.63, 3.8) is 0 Å². The van der Waals surface area contributed by atoms with E-state index in [0.717, 1.165) is 6.54 Å². The van der Waals surface area contributed by atoms with Gasteiger partial charge >= 0.3 is 0 Å². The van der Waals surface area contributed by atoms with Gasteiger partial charge in [0.15, 0.2) is 0 Å². The molecule has 2 nitrogen and oxygen atoms in total. The summed E-state index contributed by atoms with van der Waals surface area (Å²) in [6.45, 7) is 11.0. The van der Waals surface area contributed by atoms with Crippen molar-refractivity contribution in [1.29, 1.82) is 0 Å². The molecular formula is C17H28N2S. The van der Waals surface area contributed by atoms with E-state index in [1.807, 2.05) is 0 Å². The van der Waals surface area contributed by atoms with Gasteiger partial charge < -0.3 is 5.73 Å². The lowest BCUT2D eigenvalue weighted by Crippen LogP contribution is -2.48. The summed E-state index contributed by atoms with van der Waals surface area (Å²) in [6, 6.07) is 10.0. The van der Waals surface area contributed by atoms with Crippen LogP contribution in [0.15, 0.2) is 24.3 Å². The summed E-state index contributed by atoms with van der Waals surface area (Å²) in [5, 5.41) is 0.688. The molecular weight excluding hydrogens is 264 g/mol. The number of hydrogen-bond donors (Lipinski definition) is 1. The largest absolute Gasteiger partial charge is 0.329 e. The maximum Gasteiger partial charge on any atom is 0.0474 e. The van der Waals surface area contributed by atoms with Gasteiger partial charge in [0, 0.05) is 36.2 Å². The van der Waals surface area contributed by atoms with Crippen LogP contribution >= 0.6 is 11.8 Å². The maximum atomic E-state index is 6.09. The number of nitrogens with zero attached hydrogens (tertiary/aromatic N) is 1. The van der Waals surface area contributed by atoms with E-state index in [-0.39, 0.29) is 0 Å². The fraction of sp³-hybridized carbons (Fsp3) is 0.647. The van der Waals surface area contributed by atoms with Crippen LogP contribution in [-0.2, 0) is 0 Å². The monoisotopic (exact) mass is 292 g/mol. The zero-order chi connectivity index (χ0) is 14.7. The van der Waals surface area contributed by atoms with Gasteiger partial charge in [0.25, 0.3) is 0 Å². The van der Waals surface area contributed by atoms with Crippen LogP contribution in [0.1, 0.15) is 50.8 Å². The van der Waals surface area contributed by atoms with E-state index in [0.29, 0.717) is 29.8 Å². The Morgan fingerprint density at radius 1 is 1.20 bits per heavy atom. The van der Waals surface area contributed by atoms with Crippen LogP contribution < -0.4 is 5.73 Å². The Kier molecular flexibility index (Phi) is 5.53. The molecule has 0 radical (unpaired) electrons.